The van der Waals surface area contributed by atoms with Crippen molar-refractivity contribution in [2.24, 2.45) is 5.92 Å². The van der Waals surface area contributed by atoms with Crippen LogP contribution in [-0.2, 0) is 13.1 Å². The first kappa shape index (κ1) is 21.0. The van der Waals surface area contributed by atoms with Crippen LogP contribution < -0.4 is 9.47 Å². The van der Waals surface area contributed by atoms with Crippen molar-refractivity contribution in [1.82, 2.24) is 9.47 Å². The predicted molar refractivity (Wildman–Crippen MR) is 121 cm³/mol. The van der Waals surface area contributed by atoms with Gasteiger partial charge >= 0.3 is 0 Å². The summed E-state index contributed by atoms with van der Waals surface area (Å²) in [5, 5.41) is 0. The molecule has 3 aromatic rings. The lowest BCUT2D eigenvalue weighted by Crippen LogP contribution is -2.41. The molecule has 0 unspecified atom stereocenters. The van der Waals surface area contributed by atoms with E-state index in [4.69, 9.17) is 9.47 Å². The average Bonchev–Trinajstić information content (AvgIpc) is 3.39. The van der Waals surface area contributed by atoms with Gasteiger partial charge in [-0.25, -0.2) is 0 Å². The third kappa shape index (κ3) is 4.61. The second-order valence-electron chi connectivity index (χ2n) is 8.60. The summed E-state index contributed by atoms with van der Waals surface area (Å²) in [5.41, 5.74) is 4.24. The number of carbonyl (C=O) groups is 1. The van der Waals surface area contributed by atoms with Gasteiger partial charge in [-0.3, -0.25) is 4.79 Å². The summed E-state index contributed by atoms with van der Waals surface area (Å²) in [4.78, 5) is 15.5. The van der Waals surface area contributed by atoms with Crippen molar-refractivity contribution in [1.29, 1.82) is 0 Å². The van der Waals surface area contributed by atoms with Crippen molar-refractivity contribution >= 4 is 5.91 Å². The van der Waals surface area contributed by atoms with E-state index in [-0.39, 0.29) is 18.7 Å². The van der Waals surface area contributed by atoms with Gasteiger partial charge in [-0.15, -0.1) is 0 Å². The molecule has 1 aliphatic rings. The van der Waals surface area contributed by atoms with Gasteiger partial charge in [-0.2, -0.15) is 0 Å². The highest BCUT2D eigenvalue weighted by Crippen LogP contribution is 2.33. The van der Waals surface area contributed by atoms with E-state index in [1.807, 2.05) is 17.0 Å². The molecule has 1 atom stereocenters. The summed E-state index contributed by atoms with van der Waals surface area (Å²) in [6.45, 7) is 10.1. The van der Waals surface area contributed by atoms with E-state index in [9.17, 15) is 4.79 Å². The molecule has 1 aromatic heterocycles. The van der Waals surface area contributed by atoms with E-state index >= 15 is 0 Å². The molecule has 0 saturated heterocycles. The number of amides is 1. The SMILES string of the molecule is Cc1cccc(Cn2cccc2CN(C(=O)c2ccc3c(c2)OCO3)[C@@H](C)C(C)C)c1. The summed E-state index contributed by atoms with van der Waals surface area (Å²) < 4.78 is 13.1. The maximum Gasteiger partial charge on any atom is 0.254 e. The molecule has 31 heavy (non-hydrogen) atoms. The Balaban J connectivity index is 1.59. The van der Waals surface area contributed by atoms with Crippen LogP contribution in [0.4, 0.5) is 0 Å². The first-order chi connectivity index (χ1) is 14.9. The molecule has 0 spiro atoms. The normalized spacial score (nSPS) is 13.5. The van der Waals surface area contributed by atoms with E-state index in [1.165, 1.54) is 11.1 Å². The first-order valence-electron chi connectivity index (χ1n) is 10.8. The van der Waals surface area contributed by atoms with Gasteiger partial charge in [0.2, 0.25) is 6.79 Å². The van der Waals surface area contributed by atoms with Crippen molar-refractivity contribution in [3.05, 3.63) is 83.2 Å². The minimum atomic E-state index is 0.00260. The van der Waals surface area contributed by atoms with Crippen molar-refractivity contribution in [3.63, 3.8) is 0 Å². The predicted octanol–water partition coefficient (Wildman–Crippen LogP) is 5.26. The summed E-state index contributed by atoms with van der Waals surface area (Å²) in [6, 6.07) is 18.2. The minimum Gasteiger partial charge on any atom is -0.454 e. The fourth-order valence-electron chi connectivity index (χ4n) is 3.89. The lowest BCUT2D eigenvalue weighted by atomic mass is 10.0. The maximum absolute atomic E-state index is 13.6. The van der Waals surface area contributed by atoms with Crippen molar-refractivity contribution in [3.8, 4) is 11.5 Å². The Morgan fingerprint density at radius 1 is 1.03 bits per heavy atom. The van der Waals surface area contributed by atoms with Crippen LogP contribution >= 0.6 is 0 Å². The molecule has 0 saturated carbocycles. The topological polar surface area (TPSA) is 43.7 Å². The largest absolute Gasteiger partial charge is 0.454 e. The Bertz CT molecular complexity index is 1070. The van der Waals surface area contributed by atoms with Gasteiger partial charge in [0.15, 0.2) is 11.5 Å². The van der Waals surface area contributed by atoms with Crippen LogP contribution in [0, 0.1) is 12.8 Å². The Morgan fingerprint density at radius 3 is 2.61 bits per heavy atom. The Morgan fingerprint density at radius 2 is 1.84 bits per heavy atom. The number of hydrogen-bond donors (Lipinski definition) is 0. The number of aryl methyl sites for hydroxylation is 1. The number of rotatable bonds is 7. The first-order valence-corrected chi connectivity index (χ1v) is 10.8. The van der Waals surface area contributed by atoms with Gasteiger partial charge in [-0.05, 0) is 55.7 Å². The van der Waals surface area contributed by atoms with Crippen LogP contribution in [0.15, 0.2) is 60.8 Å². The van der Waals surface area contributed by atoms with E-state index in [2.05, 4.69) is 74.9 Å². The molecular weight excluding hydrogens is 388 g/mol. The van der Waals surface area contributed by atoms with Crippen LogP contribution in [-0.4, -0.2) is 28.2 Å². The van der Waals surface area contributed by atoms with Crippen molar-refractivity contribution < 1.29 is 14.3 Å². The number of aromatic nitrogens is 1. The summed E-state index contributed by atoms with van der Waals surface area (Å²) in [5.74, 6) is 1.65. The molecule has 5 nitrogen and oxygen atoms in total. The molecular formula is C26H30N2O3. The molecule has 2 aromatic carbocycles. The molecule has 1 aliphatic heterocycles. The summed E-state index contributed by atoms with van der Waals surface area (Å²) >= 11 is 0. The molecule has 0 fully saturated rings. The monoisotopic (exact) mass is 418 g/mol. The second-order valence-corrected chi connectivity index (χ2v) is 8.60. The zero-order valence-corrected chi connectivity index (χ0v) is 18.7. The number of hydrogen-bond acceptors (Lipinski definition) is 3. The number of carbonyl (C=O) groups excluding carboxylic acids is 1. The lowest BCUT2D eigenvalue weighted by Gasteiger charge is -2.32. The van der Waals surface area contributed by atoms with E-state index in [0.29, 0.717) is 29.5 Å². The molecule has 1 amide bonds. The highest BCUT2D eigenvalue weighted by molar-refractivity contribution is 5.95. The minimum absolute atomic E-state index is 0.00260. The maximum atomic E-state index is 13.6. The van der Waals surface area contributed by atoms with E-state index < -0.39 is 0 Å². The lowest BCUT2D eigenvalue weighted by molar-refractivity contribution is 0.0622. The molecule has 2 heterocycles. The average molecular weight is 419 g/mol. The third-order valence-corrected chi connectivity index (χ3v) is 6.03. The van der Waals surface area contributed by atoms with Gasteiger partial charge in [0.25, 0.3) is 5.91 Å². The number of benzene rings is 2. The van der Waals surface area contributed by atoms with Crippen LogP contribution in [0.1, 0.15) is 48.0 Å². The Kier molecular flexibility index (Phi) is 6.03. The molecule has 0 aliphatic carbocycles. The van der Waals surface area contributed by atoms with Gasteiger partial charge in [0.05, 0.1) is 6.54 Å². The van der Waals surface area contributed by atoms with Crippen LogP contribution in [0.2, 0.25) is 0 Å². The van der Waals surface area contributed by atoms with Crippen LogP contribution in [0.5, 0.6) is 11.5 Å². The number of fused-ring (bicyclic) bond motifs is 1. The fraction of sp³-hybridized carbons (Fsp3) is 0.346. The van der Waals surface area contributed by atoms with Crippen LogP contribution in [0.3, 0.4) is 0 Å². The van der Waals surface area contributed by atoms with Crippen molar-refractivity contribution in [2.75, 3.05) is 6.79 Å². The molecule has 162 valence electrons. The quantitative estimate of drug-likeness (QED) is 0.526. The zero-order valence-electron chi connectivity index (χ0n) is 18.7. The highest BCUT2D eigenvalue weighted by atomic mass is 16.7. The second kappa shape index (κ2) is 8.88. The van der Waals surface area contributed by atoms with Gasteiger partial charge < -0.3 is 18.9 Å². The summed E-state index contributed by atoms with van der Waals surface area (Å²) in [7, 11) is 0. The fourth-order valence-corrected chi connectivity index (χ4v) is 3.89. The highest BCUT2D eigenvalue weighted by Gasteiger charge is 2.26. The zero-order chi connectivity index (χ0) is 22.0. The van der Waals surface area contributed by atoms with Gasteiger partial charge in [0, 0.05) is 30.0 Å². The number of nitrogens with zero attached hydrogens (tertiary/aromatic N) is 2. The van der Waals surface area contributed by atoms with Crippen molar-refractivity contribution in [2.45, 2.75) is 46.8 Å². The standard InChI is InChI=1S/C26H30N2O3/c1-18(2)20(4)28(26(29)22-10-11-24-25(14-22)31-17-30-24)16-23-9-6-12-27(23)15-21-8-5-7-19(3)13-21/h5-14,18,20H,15-17H2,1-4H3/t20-/m0/s1. The van der Waals surface area contributed by atoms with Gasteiger partial charge in [0.1, 0.15) is 0 Å². The van der Waals surface area contributed by atoms with Crippen LogP contribution in [0.25, 0.3) is 0 Å². The third-order valence-electron chi connectivity index (χ3n) is 6.03. The van der Waals surface area contributed by atoms with E-state index in [0.717, 1.165) is 12.2 Å². The molecule has 0 radical (unpaired) electrons. The Labute approximate surface area is 184 Å². The Hall–Kier alpha value is -3.21. The smallest absolute Gasteiger partial charge is 0.254 e. The molecule has 0 N–H and O–H groups in total. The molecule has 4 rings (SSSR count). The number of ether oxygens (including phenoxy) is 2. The van der Waals surface area contributed by atoms with Gasteiger partial charge in [-0.1, -0.05) is 43.7 Å². The van der Waals surface area contributed by atoms with E-state index in [1.54, 1.807) is 6.07 Å². The molecule has 0 bridgehead atoms. The molecule has 5 heteroatoms. The summed E-state index contributed by atoms with van der Waals surface area (Å²) in [6.07, 6.45) is 2.08.